The average Bonchev–Trinajstić information content (AvgIpc) is 2.38. The van der Waals surface area contributed by atoms with Gasteiger partial charge in [-0.05, 0) is 57.6 Å². The second-order valence-electron chi connectivity index (χ2n) is 4.42. The highest BCUT2D eigenvalue weighted by Gasteiger charge is 2.14. The monoisotopic (exact) mass is 284 g/mol. The summed E-state index contributed by atoms with van der Waals surface area (Å²) in [6.07, 6.45) is 0.379. The molecule has 0 spiro atoms. The molecule has 1 aromatic carbocycles. The van der Waals surface area contributed by atoms with E-state index in [9.17, 15) is 4.79 Å². The maximum Gasteiger partial charge on any atom is 0.260 e. The number of rotatable bonds is 7. The Kier molecular flexibility index (Phi) is 6.67. The minimum absolute atomic E-state index is 0.108. The Labute approximate surface area is 119 Å². The van der Waals surface area contributed by atoms with Crippen molar-refractivity contribution in [2.75, 3.05) is 20.1 Å². The Morgan fingerprint density at radius 3 is 2.79 bits per heavy atom. The van der Waals surface area contributed by atoms with E-state index in [1.54, 1.807) is 19.1 Å². The molecule has 4 nitrogen and oxygen atoms in total. The first-order valence-electron chi connectivity index (χ1n) is 6.39. The van der Waals surface area contributed by atoms with Crippen LogP contribution in [0.1, 0.15) is 18.9 Å². The number of hydrogen-bond acceptors (Lipinski definition) is 3. The zero-order valence-corrected chi connectivity index (χ0v) is 12.4. The van der Waals surface area contributed by atoms with E-state index in [4.69, 9.17) is 16.3 Å². The van der Waals surface area contributed by atoms with E-state index in [2.05, 4.69) is 10.6 Å². The molecule has 0 heterocycles. The fraction of sp³-hybridized carbons (Fsp3) is 0.500. The maximum atomic E-state index is 11.8. The van der Waals surface area contributed by atoms with Gasteiger partial charge in [-0.25, -0.2) is 0 Å². The Morgan fingerprint density at radius 1 is 1.42 bits per heavy atom. The van der Waals surface area contributed by atoms with Crippen LogP contribution in [0.2, 0.25) is 5.02 Å². The van der Waals surface area contributed by atoms with Gasteiger partial charge in [-0.15, -0.1) is 0 Å². The van der Waals surface area contributed by atoms with Crippen molar-refractivity contribution in [2.24, 2.45) is 0 Å². The lowest BCUT2D eigenvalue weighted by Crippen LogP contribution is -2.37. The molecule has 1 aromatic rings. The van der Waals surface area contributed by atoms with Crippen LogP contribution in [0.5, 0.6) is 5.75 Å². The first kappa shape index (κ1) is 15.8. The molecule has 1 atom stereocenters. The molecule has 19 heavy (non-hydrogen) atoms. The normalized spacial score (nSPS) is 12.0. The fourth-order valence-corrected chi connectivity index (χ4v) is 1.69. The molecule has 0 saturated heterocycles. The van der Waals surface area contributed by atoms with Crippen molar-refractivity contribution >= 4 is 17.5 Å². The number of hydrogen-bond donors (Lipinski definition) is 2. The van der Waals surface area contributed by atoms with Crippen LogP contribution in [0.25, 0.3) is 0 Å². The predicted molar refractivity (Wildman–Crippen MR) is 77.8 cm³/mol. The average molecular weight is 285 g/mol. The van der Waals surface area contributed by atoms with Crippen molar-refractivity contribution in [2.45, 2.75) is 26.4 Å². The lowest BCUT2D eigenvalue weighted by atomic mass is 10.2. The van der Waals surface area contributed by atoms with Gasteiger partial charge in [0.05, 0.1) is 0 Å². The molecule has 0 aliphatic rings. The van der Waals surface area contributed by atoms with Gasteiger partial charge < -0.3 is 15.4 Å². The number of carbonyl (C=O) groups excluding carboxylic acids is 1. The molecule has 0 bridgehead atoms. The zero-order chi connectivity index (χ0) is 14.3. The van der Waals surface area contributed by atoms with E-state index in [1.165, 1.54) is 0 Å². The molecular weight excluding hydrogens is 264 g/mol. The molecule has 1 unspecified atom stereocenters. The molecule has 1 amide bonds. The quantitative estimate of drug-likeness (QED) is 0.754. The van der Waals surface area contributed by atoms with E-state index in [-0.39, 0.29) is 5.91 Å². The molecule has 0 aliphatic heterocycles. The number of amides is 1. The standard InChI is InChI=1S/C14H21ClN2O2/c1-10-9-12(5-6-13(10)15)19-11(2)14(18)17-8-4-7-16-3/h5-6,9,11,16H,4,7-8H2,1-3H3,(H,17,18). The van der Waals surface area contributed by atoms with Crippen LogP contribution < -0.4 is 15.4 Å². The zero-order valence-electron chi connectivity index (χ0n) is 11.6. The number of carbonyl (C=O) groups is 1. The highest BCUT2D eigenvalue weighted by Crippen LogP contribution is 2.21. The molecule has 1 rings (SSSR count). The summed E-state index contributed by atoms with van der Waals surface area (Å²) in [6, 6.07) is 5.36. The van der Waals surface area contributed by atoms with Crippen molar-refractivity contribution in [1.82, 2.24) is 10.6 Å². The lowest BCUT2D eigenvalue weighted by Gasteiger charge is -2.15. The third kappa shape index (κ3) is 5.49. The van der Waals surface area contributed by atoms with Crippen LogP contribution in [0.15, 0.2) is 18.2 Å². The number of ether oxygens (including phenoxy) is 1. The number of aryl methyl sites for hydroxylation is 1. The third-order valence-electron chi connectivity index (χ3n) is 2.71. The van der Waals surface area contributed by atoms with E-state index < -0.39 is 6.10 Å². The van der Waals surface area contributed by atoms with Crippen LogP contribution in [0, 0.1) is 6.92 Å². The summed E-state index contributed by atoms with van der Waals surface area (Å²) < 4.78 is 5.58. The number of benzene rings is 1. The maximum absolute atomic E-state index is 11.8. The molecule has 2 N–H and O–H groups in total. The molecule has 0 saturated carbocycles. The van der Waals surface area contributed by atoms with Crippen LogP contribution >= 0.6 is 11.6 Å². The van der Waals surface area contributed by atoms with Crippen LogP contribution in [-0.2, 0) is 4.79 Å². The first-order chi connectivity index (χ1) is 9.04. The summed E-state index contributed by atoms with van der Waals surface area (Å²) in [6.45, 7) is 5.16. The molecular formula is C14H21ClN2O2. The van der Waals surface area contributed by atoms with E-state index in [0.717, 1.165) is 18.5 Å². The van der Waals surface area contributed by atoms with Gasteiger partial charge in [0.2, 0.25) is 0 Å². The summed E-state index contributed by atoms with van der Waals surface area (Å²) in [5.41, 5.74) is 0.931. The summed E-state index contributed by atoms with van der Waals surface area (Å²) >= 11 is 5.94. The Bertz CT molecular complexity index is 424. The number of halogens is 1. The topological polar surface area (TPSA) is 50.4 Å². The summed E-state index contributed by atoms with van der Waals surface area (Å²) in [5, 5.41) is 6.55. The van der Waals surface area contributed by atoms with E-state index in [0.29, 0.717) is 17.3 Å². The summed E-state index contributed by atoms with van der Waals surface area (Å²) in [7, 11) is 1.89. The Hall–Kier alpha value is -1.26. The minimum Gasteiger partial charge on any atom is -0.481 e. The van der Waals surface area contributed by atoms with Gasteiger partial charge in [-0.2, -0.15) is 0 Å². The van der Waals surface area contributed by atoms with Crippen LogP contribution in [0.4, 0.5) is 0 Å². The van der Waals surface area contributed by atoms with Crippen molar-refractivity contribution < 1.29 is 9.53 Å². The molecule has 0 aliphatic carbocycles. The highest BCUT2D eigenvalue weighted by atomic mass is 35.5. The van der Waals surface area contributed by atoms with Gasteiger partial charge in [0.1, 0.15) is 5.75 Å². The SMILES string of the molecule is CNCCCNC(=O)C(C)Oc1ccc(Cl)c(C)c1. The Balaban J connectivity index is 2.42. The van der Waals surface area contributed by atoms with E-state index in [1.807, 2.05) is 20.0 Å². The van der Waals surface area contributed by atoms with Gasteiger partial charge >= 0.3 is 0 Å². The van der Waals surface area contributed by atoms with Crippen molar-refractivity contribution in [3.8, 4) is 5.75 Å². The van der Waals surface area contributed by atoms with Crippen molar-refractivity contribution in [1.29, 1.82) is 0 Å². The fourth-order valence-electron chi connectivity index (χ4n) is 1.57. The van der Waals surface area contributed by atoms with Gasteiger partial charge in [0.25, 0.3) is 5.91 Å². The largest absolute Gasteiger partial charge is 0.481 e. The molecule has 0 aromatic heterocycles. The van der Waals surface area contributed by atoms with Gasteiger partial charge in [-0.3, -0.25) is 4.79 Å². The molecule has 0 radical (unpaired) electrons. The van der Waals surface area contributed by atoms with Crippen molar-refractivity contribution in [3.63, 3.8) is 0 Å². The second-order valence-corrected chi connectivity index (χ2v) is 4.83. The molecule has 5 heteroatoms. The first-order valence-corrected chi connectivity index (χ1v) is 6.77. The van der Waals surface area contributed by atoms with E-state index >= 15 is 0 Å². The number of nitrogens with one attached hydrogen (secondary N) is 2. The summed E-state index contributed by atoms with van der Waals surface area (Å²) in [5.74, 6) is 0.545. The van der Waals surface area contributed by atoms with Gasteiger partial charge in [-0.1, -0.05) is 11.6 Å². The van der Waals surface area contributed by atoms with Crippen LogP contribution in [-0.4, -0.2) is 32.1 Å². The van der Waals surface area contributed by atoms with Gasteiger partial charge in [0.15, 0.2) is 6.10 Å². The Morgan fingerprint density at radius 2 is 2.16 bits per heavy atom. The molecule has 106 valence electrons. The third-order valence-corrected chi connectivity index (χ3v) is 3.14. The minimum atomic E-state index is -0.518. The second kappa shape index (κ2) is 8.02. The van der Waals surface area contributed by atoms with Crippen LogP contribution in [0.3, 0.4) is 0 Å². The predicted octanol–water partition coefficient (Wildman–Crippen LogP) is 2.14. The lowest BCUT2D eigenvalue weighted by molar-refractivity contribution is -0.127. The van der Waals surface area contributed by atoms with Crippen molar-refractivity contribution in [3.05, 3.63) is 28.8 Å². The highest BCUT2D eigenvalue weighted by molar-refractivity contribution is 6.31. The molecule has 0 fully saturated rings. The summed E-state index contributed by atoms with van der Waals surface area (Å²) in [4.78, 5) is 11.8. The van der Waals surface area contributed by atoms with Gasteiger partial charge in [0, 0.05) is 11.6 Å². The smallest absolute Gasteiger partial charge is 0.260 e.